The fraction of sp³-hybridized carbons (Fsp3) is 0.176. The monoisotopic (exact) mass is 283 g/mol. The fourth-order valence-corrected chi connectivity index (χ4v) is 1.76. The van der Waals surface area contributed by atoms with Gasteiger partial charge in [-0.05, 0) is 53.9 Å². The van der Waals surface area contributed by atoms with Gasteiger partial charge in [-0.25, -0.2) is 4.79 Å². The minimum Gasteiger partial charge on any atom is -0.482 e. The minimum atomic E-state index is -0.990. The summed E-state index contributed by atoms with van der Waals surface area (Å²) in [5, 5.41) is 8.53. The summed E-state index contributed by atoms with van der Waals surface area (Å²) in [4.78, 5) is 14.8. The number of hydrogen-bond acceptors (Lipinski definition) is 3. The lowest BCUT2D eigenvalue weighted by Crippen LogP contribution is -2.09. The van der Waals surface area contributed by atoms with Crippen LogP contribution in [-0.2, 0) is 11.2 Å². The zero-order valence-corrected chi connectivity index (χ0v) is 11.8. The summed E-state index contributed by atoms with van der Waals surface area (Å²) >= 11 is 0. The highest BCUT2D eigenvalue weighted by atomic mass is 16.5. The Bertz CT molecular complexity index is 615. The summed E-state index contributed by atoms with van der Waals surface area (Å²) < 4.78 is 5.07. The normalized spacial score (nSPS) is 10.7. The highest BCUT2D eigenvalue weighted by Gasteiger charge is 1.98. The van der Waals surface area contributed by atoms with Crippen molar-refractivity contribution < 1.29 is 14.6 Å². The summed E-state index contributed by atoms with van der Waals surface area (Å²) in [6, 6.07) is 15.2. The molecule has 0 unspecified atom stereocenters. The SMILES string of the molecule is CCc1ccc(N=Cc2ccc(OCC(=O)O)cc2)cc1. The molecule has 4 heteroatoms. The number of ether oxygens (including phenoxy) is 1. The van der Waals surface area contributed by atoms with E-state index in [0.717, 1.165) is 17.7 Å². The van der Waals surface area contributed by atoms with Crippen LogP contribution in [0.25, 0.3) is 0 Å². The molecule has 0 amide bonds. The molecule has 108 valence electrons. The van der Waals surface area contributed by atoms with Gasteiger partial charge in [-0.1, -0.05) is 19.1 Å². The molecule has 0 heterocycles. The Morgan fingerprint density at radius 3 is 2.38 bits per heavy atom. The van der Waals surface area contributed by atoms with Gasteiger partial charge in [0.2, 0.25) is 0 Å². The van der Waals surface area contributed by atoms with Gasteiger partial charge in [0.1, 0.15) is 5.75 Å². The Hall–Kier alpha value is -2.62. The summed E-state index contributed by atoms with van der Waals surface area (Å²) in [6.45, 7) is 1.78. The van der Waals surface area contributed by atoms with Crippen LogP contribution in [0.3, 0.4) is 0 Å². The van der Waals surface area contributed by atoms with Crippen molar-refractivity contribution in [3.8, 4) is 5.75 Å². The van der Waals surface area contributed by atoms with E-state index < -0.39 is 5.97 Å². The standard InChI is InChI=1S/C17H17NO3/c1-2-13-3-7-15(8-4-13)18-11-14-5-9-16(10-6-14)21-12-17(19)20/h3-11H,2,12H2,1H3,(H,19,20). The molecule has 0 saturated carbocycles. The van der Waals surface area contributed by atoms with Gasteiger partial charge in [0.15, 0.2) is 6.61 Å². The lowest BCUT2D eigenvalue weighted by atomic mass is 10.1. The van der Waals surface area contributed by atoms with Gasteiger partial charge in [-0.3, -0.25) is 4.99 Å². The molecule has 0 aliphatic rings. The second kappa shape index (κ2) is 7.24. The summed E-state index contributed by atoms with van der Waals surface area (Å²) in [7, 11) is 0. The Morgan fingerprint density at radius 2 is 1.81 bits per heavy atom. The van der Waals surface area contributed by atoms with E-state index in [-0.39, 0.29) is 6.61 Å². The average Bonchev–Trinajstić information content (AvgIpc) is 2.52. The Labute approximate surface area is 123 Å². The summed E-state index contributed by atoms with van der Waals surface area (Å²) in [6.07, 6.45) is 2.78. The van der Waals surface area contributed by atoms with Gasteiger partial charge < -0.3 is 9.84 Å². The first-order valence-electron chi connectivity index (χ1n) is 6.75. The van der Waals surface area contributed by atoms with Crippen molar-refractivity contribution >= 4 is 17.9 Å². The zero-order valence-electron chi connectivity index (χ0n) is 11.8. The van der Waals surface area contributed by atoms with Gasteiger partial charge >= 0.3 is 5.97 Å². The number of aliphatic imine (C=N–C) groups is 1. The second-order valence-corrected chi connectivity index (χ2v) is 4.53. The molecular formula is C17H17NO3. The van der Waals surface area contributed by atoms with Crippen LogP contribution in [0.5, 0.6) is 5.75 Å². The van der Waals surface area contributed by atoms with Crippen LogP contribution >= 0.6 is 0 Å². The Kier molecular flexibility index (Phi) is 5.10. The number of hydrogen-bond donors (Lipinski definition) is 1. The van der Waals surface area contributed by atoms with E-state index in [1.54, 1.807) is 18.3 Å². The third-order valence-corrected chi connectivity index (χ3v) is 2.95. The van der Waals surface area contributed by atoms with Crippen LogP contribution in [0.15, 0.2) is 53.5 Å². The van der Waals surface area contributed by atoms with E-state index in [2.05, 4.69) is 24.0 Å². The molecule has 0 bridgehead atoms. The van der Waals surface area contributed by atoms with Gasteiger partial charge in [0, 0.05) is 6.21 Å². The summed E-state index contributed by atoms with van der Waals surface area (Å²) in [5.74, 6) is -0.460. The lowest BCUT2D eigenvalue weighted by Gasteiger charge is -2.02. The van der Waals surface area contributed by atoms with Crippen molar-refractivity contribution in [3.05, 3.63) is 59.7 Å². The van der Waals surface area contributed by atoms with Crippen molar-refractivity contribution in [2.45, 2.75) is 13.3 Å². The Balaban J connectivity index is 1.98. The molecule has 4 nitrogen and oxygen atoms in total. The molecule has 0 aliphatic carbocycles. The van der Waals surface area contributed by atoms with Crippen LogP contribution in [0.4, 0.5) is 5.69 Å². The zero-order chi connectivity index (χ0) is 15.1. The molecule has 2 aromatic rings. The number of carboxylic acids is 1. The second-order valence-electron chi connectivity index (χ2n) is 4.53. The first-order valence-corrected chi connectivity index (χ1v) is 6.75. The number of carbonyl (C=O) groups is 1. The lowest BCUT2D eigenvalue weighted by molar-refractivity contribution is -0.139. The molecule has 0 radical (unpaired) electrons. The van der Waals surface area contributed by atoms with Crippen molar-refractivity contribution in [3.63, 3.8) is 0 Å². The molecule has 1 N–H and O–H groups in total. The van der Waals surface area contributed by atoms with E-state index >= 15 is 0 Å². The number of rotatable bonds is 6. The van der Waals surface area contributed by atoms with Crippen molar-refractivity contribution in [2.75, 3.05) is 6.61 Å². The van der Waals surface area contributed by atoms with E-state index in [1.807, 2.05) is 24.3 Å². The molecule has 0 atom stereocenters. The van der Waals surface area contributed by atoms with Crippen LogP contribution < -0.4 is 4.74 Å². The quantitative estimate of drug-likeness (QED) is 0.826. The minimum absolute atomic E-state index is 0.336. The van der Waals surface area contributed by atoms with Crippen LogP contribution in [0, 0.1) is 0 Å². The number of nitrogens with zero attached hydrogens (tertiary/aromatic N) is 1. The van der Waals surface area contributed by atoms with Crippen molar-refractivity contribution in [1.82, 2.24) is 0 Å². The third-order valence-electron chi connectivity index (χ3n) is 2.95. The molecule has 2 rings (SSSR count). The molecule has 0 spiro atoms. The average molecular weight is 283 g/mol. The smallest absolute Gasteiger partial charge is 0.341 e. The topological polar surface area (TPSA) is 58.9 Å². The predicted molar refractivity (Wildman–Crippen MR) is 82.6 cm³/mol. The maximum Gasteiger partial charge on any atom is 0.341 e. The maximum absolute atomic E-state index is 10.4. The van der Waals surface area contributed by atoms with Gasteiger partial charge in [0.05, 0.1) is 5.69 Å². The molecular weight excluding hydrogens is 266 g/mol. The van der Waals surface area contributed by atoms with Crippen molar-refractivity contribution in [1.29, 1.82) is 0 Å². The van der Waals surface area contributed by atoms with Gasteiger partial charge in [0.25, 0.3) is 0 Å². The number of aryl methyl sites for hydroxylation is 1. The van der Waals surface area contributed by atoms with E-state index in [1.165, 1.54) is 5.56 Å². The highest BCUT2D eigenvalue weighted by molar-refractivity contribution is 5.82. The molecule has 0 aliphatic heterocycles. The molecule has 2 aromatic carbocycles. The van der Waals surface area contributed by atoms with Crippen LogP contribution in [0.2, 0.25) is 0 Å². The molecule has 0 fully saturated rings. The molecule has 21 heavy (non-hydrogen) atoms. The third kappa shape index (κ3) is 4.76. The maximum atomic E-state index is 10.4. The molecule has 0 saturated heterocycles. The largest absolute Gasteiger partial charge is 0.482 e. The highest BCUT2D eigenvalue weighted by Crippen LogP contribution is 2.15. The first-order chi connectivity index (χ1) is 10.2. The van der Waals surface area contributed by atoms with Crippen molar-refractivity contribution in [2.24, 2.45) is 4.99 Å². The van der Waals surface area contributed by atoms with E-state index in [4.69, 9.17) is 9.84 Å². The number of carboxylic acid groups (broad SMARTS) is 1. The summed E-state index contributed by atoms with van der Waals surface area (Å²) in [5.41, 5.74) is 3.12. The molecule has 0 aromatic heterocycles. The fourth-order valence-electron chi connectivity index (χ4n) is 1.76. The number of aliphatic carboxylic acids is 1. The van der Waals surface area contributed by atoms with Gasteiger partial charge in [-0.2, -0.15) is 0 Å². The number of benzene rings is 2. The van der Waals surface area contributed by atoms with Crippen LogP contribution in [0.1, 0.15) is 18.1 Å². The van der Waals surface area contributed by atoms with E-state index in [9.17, 15) is 4.79 Å². The van der Waals surface area contributed by atoms with E-state index in [0.29, 0.717) is 5.75 Å². The first kappa shape index (κ1) is 14.8. The van der Waals surface area contributed by atoms with Crippen LogP contribution in [-0.4, -0.2) is 23.9 Å². The Morgan fingerprint density at radius 1 is 1.14 bits per heavy atom. The van der Waals surface area contributed by atoms with Gasteiger partial charge in [-0.15, -0.1) is 0 Å². The predicted octanol–water partition coefficient (Wildman–Crippen LogP) is 3.46.